The molecule has 0 aromatic carbocycles. The Labute approximate surface area is 165 Å². The first-order chi connectivity index (χ1) is 13.3. The summed E-state index contributed by atoms with van der Waals surface area (Å²) in [5.41, 5.74) is -6.36. The number of rotatable bonds is 11. The van der Waals surface area contributed by atoms with E-state index in [9.17, 15) is 57.2 Å². The van der Waals surface area contributed by atoms with Crippen LogP contribution in [0.15, 0.2) is 12.2 Å². The summed E-state index contributed by atoms with van der Waals surface area (Å²) in [4.78, 5) is 22.1. The molecule has 0 radical (unpaired) electrons. The Kier molecular flexibility index (Phi) is 9.26. The third-order valence-corrected chi connectivity index (χ3v) is 6.15. The van der Waals surface area contributed by atoms with Gasteiger partial charge in [-0.2, -0.15) is 30.7 Å². The molecule has 0 rings (SSSR count). The molecule has 1 N–H and O–H groups in total. The fraction of sp³-hybridized carbons (Fsp3) is 0.667. The van der Waals surface area contributed by atoms with Gasteiger partial charge in [-0.25, -0.2) is 26.4 Å². The zero-order valence-corrected chi connectivity index (χ0v) is 16.3. The van der Waals surface area contributed by atoms with Crippen LogP contribution in [0.25, 0.3) is 0 Å². The first kappa shape index (κ1) is 28.1. The van der Waals surface area contributed by atoms with Gasteiger partial charge >= 0.3 is 38.6 Å². The van der Waals surface area contributed by atoms with Crippen molar-refractivity contribution in [1.82, 2.24) is 4.13 Å². The number of carbonyl (C=O) groups excluding carboxylic acids is 2. The lowest BCUT2D eigenvalue weighted by atomic mass is 10.2. The highest BCUT2D eigenvalue weighted by Crippen LogP contribution is 2.42. The van der Waals surface area contributed by atoms with Crippen molar-refractivity contribution >= 4 is 32.0 Å². The van der Waals surface area contributed by atoms with Crippen LogP contribution in [0.2, 0.25) is 0 Å². The fourth-order valence-electron chi connectivity index (χ4n) is 1.43. The van der Waals surface area contributed by atoms with E-state index in [1.165, 1.54) is 6.92 Å². The summed E-state index contributed by atoms with van der Waals surface area (Å²) < 4.78 is 142. The van der Waals surface area contributed by atoms with Crippen molar-refractivity contribution in [2.24, 2.45) is 0 Å². The summed E-state index contributed by atoms with van der Waals surface area (Å²) in [7, 11) is -14.0. The quantitative estimate of drug-likeness (QED) is 0.196. The second kappa shape index (κ2) is 9.90. The first-order valence-corrected chi connectivity index (χ1v) is 10.4. The zero-order valence-electron chi connectivity index (χ0n) is 14.7. The van der Waals surface area contributed by atoms with Gasteiger partial charge in [-0.1, -0.05) is 4.13 Å². The van der Waals surface area contributed by atoms with Crippen molar-refractivity contribution in [3.05, 3.63) is 12.2 Å². The molecule has 30 heavy (non-hydrogen) atoms. The van der Waals surface area contributed by atoms with Crippen LogP contribution in [-0.4, -0.2) is 58.7 Å². The lowest BCUT2D eigenvalue weighted by Crippen LogP contribution is -2.55. The minimum Gasteiger partial charge on any atom is -0.463 e. The normalized spacial score (nSPS) is 14.0. The van der Waals surface area contributed by atoms with E-state index in [1.54, 1.807) is 0 Å². The monoisotopic (exact) mass is 497 g/mol. The molecule has 0 spiro atoms. The van der Waals surface area contributed by atoms with E-state index >= 15 is 0 Å². The lowest BCUT2D eigenvalue weighted by molar-refractivity contribution is -0.164. The summed E-state index contributed by atoms with van der Waals surface area (Å²) in [5.74, 6) is -7.77. The molecule has 0 aliphatic heterocycles. The molecular formula is C12H14F7NO8S2. The Morgan fingerprint density at radius 1 is 0.867 bits per heavy atom. The predicted molar refractivity (Wildman–Crippen MR) is 82.9 cm³/mol. The summed E-state index contributed by atoms with van der Waals surface area (Å²) in [6.45, 7) is 0.448. The van der Waals surface area contributed by atoms with Crippen LogP contribution in [0.1, 0.15) is 19.8 Å². The standard InChI is InChI=1S/C12H14F7NO8S2/c1-2-27-8(21)4-5-9(22)28-7-3-6-10(13,14)11(15,16)29(23,24)20-30(25,26)12(17,18)19/h4-5,20H,2-3,6-7H2,1H3. The third-order valence-electron chi connectivity index (χ3n) is 2.81. The molecular weight excluding hydrogens is 483 g/mol. The van der Waals surface area contributed by atoms with Crippen molar-refractivity contribution in [2.45, 2.75) is 36.5 Å². The Bertz CT molecular complexity index is 865. The molecule has 0 bridgehead atoms. The maximum Gasteiger partial charge on any atom is 0.512 e. The van der Waals surface area contributed by atoms with Gasteiger partial charge < -0.3 is 9.47 Å². The zero-order chi connectivity index (χ0) is 24.0. The number of alkyl halides is 7. The molecule has 9 nitrogen and oxygen atoms in total. The van der Waals surface area contributed by atoms with Gasteiger partial charge in [-0.15, -0.1) is 0 Å². The highest BCUT2D eigenvalue weighted by Gasteiger charge is 2.67. The topological polar surface area (TPSA) is 133 Å². The van der Waals surface area contributed by atoms with Gasteiger partial charge in [0, 0.05) is 18.6 Å². The first-order valence-electron chi connectivity index (χ1n) is 7.42. The van der Waals surface area contributed by atoms with Crippen molar-refractivity contribution < 1.29 is 66.6 Å². The minimum absolute atomic E-state index is 0.0243. The smallest absolute Gasteiger partial charge is 0.463 e. The molecule has 0 saturated heterocycles. The average Bonchev–Trinajstić information content (AvgIpc) is 2.55. The largest absolute Gasteiger partial charge is 0.512 e. The van der Waals surface area contributed by atoms with E-state index < -0.39 is 72.2 Å². The molecule has 0 aromatic heterocycles. The molecule has 0 aliphatic rings. The summed E-state index contributed by atoms with van der Waals surface area (Å²) in [6.07, 6.45) is -2.01. The van der Waals surface area contributed by atoms with Crippen molar-refractivity contribution in [3.8, 4) is 0 Å². The van der Waals surface area contributed by atoms with E-state index in [2.05, 4.69) is 9.47 Å². The Hall–Kier alpha value is -1.95. The van der Waals surface area contributed by atoms with Gasteiger partial charge in [0.05, 0.1) is 13.2 Å². The summed E-state index contributed by atoms with van der Waals surface area (Å²) >= 11 is 0. The number of hydrogen-bond acceptors (Lipinski definition) is 8. The van der Waals surface area contributed by atoms with E-state index in [0.717, 1.165) is 0 Å². The van der Waals surface area contributed by atoms with Gasteiger partial charge in [0.1, 0.15) is 0 Å². The van der Waals surface area contributed by atoms with Gasteiger partial charge in [0.15, 0.2) is 0 Å². The molecule has 0 heterocycles. The molecule has 0 unspecified atom stereocenters. The van der Waals surface area contributed by atoms with Crippen molar-refractivity contribution in [1.29, 1.82) is 0 Å². The maximum absolute atomic E-state index is 13.6. The van der Waals surface area contributed by atoms with Gasteiger partial charge in [0.2, 0.25) is 0 Å². The number of halogens is 7. The van der Waals surface area contributed by atoms with Crippen LogP contribution in [0.5, 0.6) is 0 Å². The number of sulfonamides is 2. The summed E-state index contributed by atoms with van der Waals surface area (Å²) in [5, 5.41) is -6.27. The van der Waals surface area contributed by atoms with Crippen molar-refractivity contribution in [2.75, 3.05) is 13.2 Å². The number of nitrogens with one attached hydrogen (secondary N) is 1. The average molecular weight is 497 g/mol. The van der Waals surface area contributed by atoms with Crippen molar-refractivity contribution in [3.63, 3.8) is 0 Å². The molecule has 0 saturated carbocycles. The molecule has 0 amide bonds. The maximum atomic E-state index is 13.6. The van der Waals surface area contributed by atoms with E-state index in [1.807, 2.05) is 0 Å². The van der Waals surface area contributed by atoms with Crippen LogP contribution >= 0.6 is 0 Å². The van der Waals surface area contributed by atoms with Gasteiger partial charge in [-0.05, 0) is 13.3 Å². The second-order valence-corrected chi connectivity index (χ2v) is 8.77. The molecule has 0 atom stereocenters. The molecule has 0 fully saturated rings. The molecule has 0 aromatic rings. The van der Waals surface area contributed by atoms with Gasteiger partial charge in [-0.3, -0.25) is 0 Å². The minimum atomic E-state index is -7.05. The Balaban J connectivity index is 5.02. The SMILES string of the molecule is CCOC(=O)C=CC(=O)OCCCC(F)(F)C(F)(F)S(=O)(=O)NS(=O)(=O)C(F)(F)F. The van der Waals surface area contributed by atoms with Crippen LogP contribution in [0.3, 0.4) is 0 Å². The van der Waals surface area contributed by atoms with Gasteiger partial charge in [0.25, 0.3) is 10.0 Å². The molecule has 176 valence electrons. The second-order valence-electron chi connectivity index (χ2n) is 5.11. The molecule has 18 heteroatoms. The Morgan fingerprint density at radius 3 is 1.77 bits per heavy atom. The van der Waals surface area contributed by atoms with E-state index in [0.29, 0.717) is 12.2 Å². The van der Waals surface area contributed by atoms with Crippen LogP contribution in [0, 0.1) is 0 Å². The number of hydrogen-bond donors (Lipinski definition) is 1. The van der Waals surface area contributed by atoms with E-state index in [-0.39, 0.29) is 6.61 Å². The highest BCUT2D eigenvalue weighted by molar-refractivity contribution is 8.05. The van der Waals surface area contributed by atoms with Crippen LogP contribution < -0.4 is 4.13 Å². The number of ether oxygens (including phenoxy) is 2. The number of esters is 2. The molecule has 0 aliphatic carbocycles. The third kappa shape index (κ3) is 7.38. The fourth-order valence-corrected chi connectivity index (χ4v) is 3.87. The summed E-state index contributed by atoms with van der Waals surface area (Å²) in [6, 6.07) is 0. The van der Waals surface area contributed by atoms with Crippen LogP contribution in [-0.2, 0) is 39.1 Å². The Morgan fingerprint density at radius 2 is 1.33 bits per heavy atom. The van der Waals surface area contributed by atoms with Crippen LogP contribution in [0.4, 0.5) is 30.7 Å². The lowest BCUT2D eigenvalue weighted by Gasteiger charge is -2.26. The van der Waals surface area contributed by atoms with E-state index in [4.69, 9.17) is 0 Å². The number of carbonyl (C=O) groups is 2. The highest BCUT2D eigenvalue weighted by atomic mass is 32.3. The predicted octanol–water partition coefficient (Wildman–Crippen LogP) is 1.43.